The van der Waals surface area contributed by atoms with Crippen LogP contribution in [0.4, 0.5) is 5.69 Å². The Hall–Kier alpha value is -1.02. The highest BCUT2D eigenvalue weighted by Crippen LogP contribution is 2.18. The second-order valence-electron chi connectivity index (χ2n) is 4.95. The molecule has 1 unspecified atom stereocenters. The average Bonchev–Trinajstić information content (AvgIpc) is 2.26. The summed E-state index contributed by atoms with van der Waals surface area (Å²) >= 11 is 0. The van der Waals surface area contributed by atoms with Crippen molar-refractivity contribution in [1.29, 1.82) is 0 Å². The van der Waals surface area contributed by atoms with Gasteiger partial charge in [-0.1, -0.05) is 32.9 Å². The third-order valence-electron chi connectivity index (χ3n) is 2.81. The van der Waals surface area contributed by atoms with Gasteiger partial charge in [-0.05, 0) is 23.6 Å². The summed E-state index contributed by atoms with van der Waals surface area (Å²) in [7, 11) is 4.14. The zero-order valence-corrected chi connectivity index (χ0v) is 11.1. The Morgan fingerprint density at radius 2 is 1.62 bits per heavy atom. The quantitative estimate of drug-likeness (QED) is 0.821. The molecule has 0 aliphatic heterocycles. The van der Waals surface area contributed by atoms with Crippen molar-refractivity contribution in [3.05, 3.63) is 29.8 Å². The second-order valence-corrected chi connectivity index (χ2v) is 4.95. The molecule has 0 radical (unpaired) electrons. The van der Waals surface area contributed by atoms with Gasteiger partial charge in [0.15, 0.2) is 0 Å². The van der Waals surface area contributed by atoms with Gasteiger partial charge in [-0.25, -0.2) is 0 Å². The van der Waals surface area contributed by atoms with E-state index in [0.717, 1.165) is 6.54 Å². The van der Waals surface area contributed by atoms with Gasteiger partial charge in [0.2, 0.25) is 0 Å². The van der Waals surface area contributed by atoms with Gasteiger partial charge in [0.05, 0.1) is 0 Å². The summed E-state index contributed by atoms with van der Waals surface area (Å²) in [6.07, 6.45) is 0. The molecule has 1 rings (SSSR count). The van der Waals surface area contributed by atoms with Crippen LogP contribution in [0.15, 0.2) is 24.3 Å². The Balaban J connectivity index is 2.59. The molecule has 0 aliphatic carbocycles. The molecular formula is C14H24N2. The van der Waals surface area contributed by atoms with Crippen molar-refractivity contribution in [2.45, 2.75) is 32.7 Å². The number of rotatable bonds is 5. The Morgan fingerprint density at radius 1 is 1.06 bits per heavy atom. The van der Waals surface area contributed by atoms with E-state index in [0.29, 0.717) is 12.0 Å². The molecule has 2 heteroatoms. The van der Waals surface area contributed by atoms with Gasteiger partial charge in [0.1, 0.15) is 0 Å². The molecule has 0 fully saturated rings. The first-order valence-corrected chi connectivity index (χ1v) is 6.01. The molecule has 0 heterocycles. The van der Waals surface area contributed by atoms with Crippen molar-refractivity contribution in [2.24, 2.45) is 0 Å². The summed E-state index contributed by atoms with van der Waals surface area (Å²) in [5, 5.41) is 3.47. The van der Waals surface area contributed by atoms with Crippen molar-refractivity contribution in [3.8, 4) is 0 Å². The van der Waals surface area contributed by atoms with E-state index in [9.17, 15) is 0 Å². The molecule has 16 heavy (non-hydrogen) atoms. The van der Waals surface area contributed by atoms with E-state index in [1.807, 2.05) is 0 Å². The Bertz CT molecular complexity index is 301. The predicted octanol–water partition coefficient (Wildman–Crippen LogP) is 2.85. The molecule has 0 bridgehead atoms. The predicted molar refractivity (Wildman–Crippen MR) is 72.3 cm³/mol. The summed E-state index contributed by atoms with van der Waals surface area (Å²) < 4.78 is 0. The lowest BCUT2D eigenvalue weighted by atomic mass is 10.0. The summed E-state index contributed by atoms with van der Waals surface area (Å²) in [5.41, 5.74) is 2.66. The fourth-order valence-corrected chi connectivity index (χ4v) is 1.63. The van der Waals surface area contributed by atoms with Crippen LogP contribution in [0.2, 0.25) is 0 Å². The fraction of sp³-hybridized carbons (Fsp3) is 0.571. The van der Waals surface area contributed by atoms with Gasteiger partial charge in [-0.3, -0.25) is 0 Å². The van der Waals surface area contributed by atoms with Crippen LogP contribution in [-0.2, 0) is 0 Å². The van der Waals surface area contributed by atoms with Gasteiger partial charge in [0, 0.05) is 32.4 Å². The number of hydrogen-bond donors (Lipinski definition) is 1. The molecule has 0 amide bonds. The average molecular weight is 220 g/mol. The number of hydrogen-bond acceptors (Lipinski definition) is 2. The third kappa shape index (κ3) is 3.86. The van der Waals surface area contributed by atoms with Crippen LogP contribution in [0.3, 0.4) is 0 Å². The lowest BCUT2D eigenvalue weighted by Gasteiger charge is -2.17. The van der Waals surface area contributed by atoms with Crippen LogP contribution < -0.4 is 10.2 Å². The highest BCUT2D eigenvalue weighted by molar-refractivity contribution is 5.46. The summed E-state index contributed by atoms with van der Waals surface area (Å²) in [6.45, 7) is 7.67. The van der Waals surface area contributed by atoms with Crippen molar-refractivity contribution in [3.63, 3.8) is 0 Å². The molecule has 1 N–H and O–H groups in total. The van der Waals surface area contributed by atoms with Crippen LogP contribution in [0.25, 0.3) is 0 Å². The SMILES string of the molecule is CC(C)NCC(C)c1ccc(N(C)C)cc1. The normalized spacial score (nSPS) is 12.9. The van der Waals surface area contributed by atoms with Gasteiger partial charge in [-0.15, -0.1) is 0 Å². The van der Waals surface area contributed by atoms with Crippen molar-refractivity contribution in [2.75, 3.05) is 25.5 Å². The highest BCUT2D eigenvalue weighted by atomic mass is 15.1. The molecule has 0 saturated carbocycles. The van der Waals surface area contributed by atoms with E-state index in [2.05, 4.69) is 69.3 Å². The van der Waals surface area contributed by atoms with E-state index in [1.54, 1.807) is 0 Å². The van der Waals surface area contributed by atoms with E-state index in [-0.39, 0.29) is 0 Å². The summed E-state index contributed by atoms with van der Waals surface area (Å²) in [5.74, 6) is 0.568. The first-order valence-electron chi connectivity index (χ1n) is 6.01. The largest absolute Gasteiger partial charge is 0.378 e. The zero-order chi connectivity index (χ0) is 12.1. The molecule has 0 aliphatic rings. The van der Waals surface area contributed by atoms with Crippen molar-refractivity contribution in [1.82, 2.24) is 5.32 Å². The van der Waals surface area contributed by atoms with Crippen LogP contribution in [0.5, 0.6) is 0 Å². The monoisotopic (exact) mass is 220 g/mol. The molecule has 1 aromatic carbocycles. The summed E-state index contributed by atoms with van der Waals surface area (Å²) in [4.78, 5) is 2.13. The van der Waals surface area contributed by atoms with Crippen LogP contribution in [0, 0.1) is 0 Å². The maximum absolute atomic E-state index is 3.47. The first-order chi connectivity index (χ1) is 7.50. The van der Waals surface area contributed by atoms with E-state index in [1.165, 1.54) is 11.3 Å². The van der Waals surface area contributed by atoms with E-state index >= 15 is 0 Å². The molecule has 0 spiro atoms. The lowest BCUT2D eigenvalue weighted by Crippen LogP contribution is -2.26. The number of nitrogens with zero attached hydrogens (tertiary/aromatic N) is 1. The van der Waals surface area contributed by atoms with Crippen LogP contribution >= 0.6 is 0 Å². The van der Waals surface area contributed by atoms with Crippen molar-refractivity contribution < 1.29 is 0 Å². The molecule has 90 valence electrons. The molecule has 1 aromatic rings. The minimum atomic E-state index is 0.559. The molecule has 0 aromatic heterocycles. The molecular weight excluding hydrogens is 196 g/mol. The molecule has 2 nitrogen and oxygen atoms in total. The number of benzene rings is 1. The Morgan fingerprint density at radius 3 is 2.06 bits per heavy atom. The zero-order valence-electron chi connectivity index (χ0n) is 11.1. The standard InChI is InChI=1S/C14H24N2/c1-11(2)15-10-12(3)13-6-8-14(9-7-13)16(4)5/h6-9,11-12,15H,10H2,1-5H3. The molecule has 1 atom stereocenters. The minimum absolute atomic E-state index is 0.559. The lowest BCUT2D eigenvalue weighted by molar-refractivity contribution is 0.548. The number of anilines is 1. The Kier molecular flexibility index (Phi) is 4.81. The highest BCUT2D eigenvalue weighted by Gasteiger charge is 2.06. The van der Waals surface area contributed by atoms with Crippen LogP contribution in [-0.4, -0.2) is 26.7 Å². The topological polar surface area (TPSA) is 15.3 Å². The summed E-state index contributed by atoms with van der Waals surface area (Å²) in [6, 6.07) is 9.37. The minimum Gasteiger partial charge on any atom is -0.378 e. The van der Waals surface area contributed by atoms with Crippen molar-refractivity contribution >= 4 is 5.69 Å². The van der Waals surface area contributed by atoms with Gasteiger partial charge < -0.3 is 10.2 Å². The van der Waals surface area contributed by atoms with Crippen LogP contribution in [0.1, 0.15) is 32.3 Å². The van der Waals surface area contributed by atoms with E-state index in [4.69, 9.17) is 0 Å². The van der Waals surface area contributed by atoms with Gasteiger partial charge in [-0.2, -0.15) is 0 Å². The smallest absolute Gasteiger partial charge is 0.0361 e. The maximum Gasteiger partial charge on any atom is 0.0361 e. The van der Waals surface area contributed by atoms with Gasteiger partial charge >= 0.3 is 0 Å². The maximum atomic E-state index is 3.47. The number of nitrogens with one attached hydrogen (secondary N) is 1. The first kappa shape index (κ1) is 13.0. The second kappa shape index (κ2) is 5.90. The molecule has 0 saturated heterocycles. The third-order valence-corrected chi connectivity index (χ3v) is 2.81. The van der Waals surface area contributed by atoms with E-state index < -0.39 is 0 Å². The fourth-order valence-electron chi connectivity index (χ4n) is 1.63. The Labute approximate surface area is 99.7 Å². The van der Waals surface area contributed by atoms with Gasteiger partial charge in [0.25, 0.3) is 0 Å².